The molecule has 0 saturated heterocycles. The standard InChI is InChI=1S/C19H16N4S/c1-13-10-15-8-5-9-21-17(15)16(11-13)12-23-19(20)24-18(22-23)14-6-3-2-4-7-14/h2-11,20H,12H2,1H3/p+1. The smallest absolute Gasteiger partial charge is 0.276 e. The number of anilines is 1. The van der Waals surface area contributed by atoms with Crippen LogP contribution in [0.2, 0.25) is 0 Å². The maximum Gasteiger partial charge on any atom is 0.354 e. The molecule has 0 saturated carbocycles. The van der Waals surface area contributed by atoms with Gasteiger partial charge in [0, 0.05) is 22.7 Å². The van der Waals surface area contributed by atoms with Crippen LogP contribution in [0.15, 0.2) is 60.8 Å². The van der Waals surface area contributed by atoms with E-state index in [9.17, 15) is 0 Å². The van der Waals surface area contributed by atoms with Gasteiger partial charge in [-0.25, -0.2) is 0 Å². The summed E-state index contributed by atoms with van der Waals surface area (Å²) in [4.78, 5) is 4.53. The minimum absolute atomic E-state index is 0.615. The highest BCUT2D eigenvalue weighted by atomic mass is 32.1. The summed E-state index contributed by atoms with van der Waals surface area (Å²) < 4.78 is 1.86. The van der Waals surface area contributed by atoms with Crippen molar-refractivity contribution in [2.75, 3.05) is 5.73 Å². The van der Waals surface area contributed by atoms with Gasteiger partial charge in [-0.2, -0.15) is 0 Å². The zero-order chi connectivity index (χ0) is 16.5. The number of aryl methyl sites for hydroxylation is 1. The van der Waals surface area contributed by atoms with Crippen LogP contribution in [0.5, 0.6) is 0 Å². The quantitative estimate of drug-likeness (QED) is 0.583. The Bertz CT molecular complexity index is 1010. The number of hydrogen-bond acceptors (Lipinski definition) is 4. The van der Waals surface area contributed by atoms with Crippen LogP contribution in [0.4, 0.5) is 5.13 Å². The fourth-order valence-corrected chi connectivity index (χ4v) is 3.66. The van der Waals surface area contributed by atoms with Gasteiger partial charge >= 0.3 is 5.13 Å². The van der Waals surface area contributed by atoms with E-state index in [4.69, 9.17) is 10.8 Å². The van der Waals surface area contributed by atoms with Crippen LogP contribution in [0.3, 0.4) is 0 Å². The zero-order valence-corrected chi connectivity index (χ0v) is 14.1. The first-order chi connectivity index (χ1) is 11.7. The number of nitrogens with zero attached hydrogens (tertiary/aromatic N) is 3. The van der Waals surface area contributed by atoms with Crippen molar-refractivity contribution < 1.29 is 4.68 Å². The first-order valence-electron chi connectivity index (χ1n) is 7.77. The number of hydrogen-bond donors (Lipinski definition) is 1. The Hall–Kier alpha value is -2.79. The van der Waals surface area contributed by atoms with E-state index < -0.39 is 0 Å². The highest BCUT2D eigenvalue weighted by Crippen LogP contribution is 2.24. The molecule has 0 bridgehead atoms. The van der Waals surface area contributed by atoms with Crippen LogP contribution in [0, 0.1) is 6.92 Å². The number of pyridine rings is 1. The van der Waals surface area contributed by atoms with Crippen molar-refractivity contribution in [2.45, 2.75) is 13.5 Å². The third-order valence-corrected chi connectivity index (χ3v) is 4.87. The van der Waals surface area contributed by atoms with E-state index >= 15 is 0 Å². The lowest BCUT2D eigenvalue weighted by molar-refractivity contribution is -0.727. The van der Waals surface area contributed by atoms with Crippen LogP contribution < -0.4 is 10.4 Å². The third-order valence-electron chi connectivity index (χ3n) is 3.94. The Labute approximate surface area is 144 Å². The summed E-state index contributed by atoms with van der Waals surface area (Å²) in [7, 11) is 0. The summed E-state index contributed by atoms with van der Waals surface area (Å²) in [6, 6.07) is 18.5. The Balaban J connectivity index is 1.76. The molecule has 4 nitrogen and oxygen atoms in total. The van der Waals surface area contributed by atoms with Crippen molar-refractivity contribution in [1.82, 2.24) is 10.1 Å². The minimum Gasteiger partial charge on any atom is -0.276 e. The first kappa shape index (κ1) is 14.8. The zero-order valence-electron chi connectivity index (χ0n) is 13.3. The van der Waals surface area contributed by atoms with Gasteiger partial charge in [-0.3, -0.25) is 10.7 Å². The molecule has 24 heavy (non-hydrogen) atoms. The maximum atomic E-state index is 6.21. The van der Waals surface area contributed by atoms with Gasteiger partial charge in [-0.05, 0) is 42.0 Å². The van der Waals surface area contributed by atoms with Crippen LogP contribution in [-0.2, 0) is 6.54 Å². The Morgan fingerprint density at radius 1 is 1.08 bits per heavy atom. The molecule has 4 rings (SSSR count). The van der Waals surface area contributed by atoms with Gasteiger partial charge in [0.2, 0.25) is 0 Å². The fraction of sp³-hybridized carbons (Fsp3) is 0.105. The number of benzene rings is 2. The van der Waals surface area contributed by atoms with E-state index in [1.54, 1.807) is 0 Å². The molecule has 118 valence electrons. The number of nitrogen functional groups attached to an aromatic ring is 1. The van der Waals surface area contributed by atoms with Crippen molar-refractivity contribution in [3.8, 4) is 10.6 Å². The molecule has 0 amide bonds. The van der Waals surface area contributed by atoms with Crippen molar-refractivity contribution in [3.05, 3.63) is 71.9 Å². The SMILES string of the molecule is Cc1cc(C[n+]2nc(-c3ccccc3)sc2N)c2ncccc2c1. The second-order valence-corrected chi connectivity index (χ2v) is 6.78. The van der Waals surface area contributed by atoms with Crippen molar-refractivity contribution in [1.29, 1.82) is 0 Å². The highest BCUT2D eigenvalue weighted by molar-refractivity contribution is 7.17. The summed E-state index contributed by atoms with van der Waals surface area (Å²) in [5.41, 5.74) is 10.6. The molecule has 2 aromatic heterocycles. The molecule has 0 unspecified atom stereocenters. The molecule has 4 aromatic rings. The van der Waals surface area contributed by atoms with Gasteiger partial charge in [0.05, 0.1) is 5.52 Å². The number of fused-ring (bicyclic) bond motifs is 1. The first-order valence-corrected chi connectivity index (χ1v) is 8.58. The number of rotatable bonds is 3. The minimum atomic E-state index is 0.615. The number of aromatic nitrogens is 3. The molecule has 5 heteroatoms. The van der Waals surface area contributed by atoms with Crippen LogP contribution in [0.1, 0.15) is 11.1 Å². The van der Waals surface area contributed by atoms with E-state index in [2.05, 4.69) is 30.1 Å². The Morgan fingerprint density at radius 3 is 2.75 bits per heavy atom. The molecule has 2 N–H and O–H groups in total. The molecule has 0 aliphatic carbocycles. The van der Waals surface area contributed by atoms with Gasteiger partial charge in [0.25, 0.3) is 0 Å². The Kier molecular flexibility index (Phi) is 3.70. The largest absolute Gasteiger partial charge is 0.354 e. The molecule has 0 atom stereocenters. The van der Waals surface area contributed by atoms with E-state index in [0.29, 0.717) is 11.7 Å². The summed E-state index contributed by atoms with van der Waals surface area (Å²) in [5, 5.41) is 7.46. The summed E-state index contributed by atoms with van der Waals surface area (Å²) in [6.45, 7) is 2.71. The molecule has 2 heterocycles. The van der Waals surface area contributed by atoms with Crippen LogP contribution in [0.25, 0.3) is 21.5 Å². The lowest BCUT2D eigenvalue weighted by Gasteiger charge is -2.05. The lowest BCUT2D eigenvalue weighted by Crippen LogP contribution is -2.38. The maximum absolute atomic E-state index is 6.21. The predicted molar refractivity (Wildman–Crippen MR) is 97.7 cm³/mol. The van der Waals surface area contributed by atoms with Gasteiger partial charge < -0.3 is 0 Å². The second-order valence-electron chi connectivity index (χ2n) is 5.77. The van der Waals surface area contributed by atoms with Gasteiger partial charge in [0.15, 0.2) is 5.01 Å². The average molecular weight is 333 g/mol. The molecular formula is C19H17N4S+. The van der Waals surface area contributed by atoms with E-state index in [-0.39, 0.29) is 0 Å². The molecular weight excluding hydrogens is 316 g/mol. The van der Waals surface area contributed by atoms with E-state index in [0.717, 1.165) is 27.0 Å². The highest BCUT2D eigenvalue weighted by Gasteiger charge is 2.17. The van der Waals surface area contributed by atoms with E-state index in [1.807, 2.05) is 47.3 Å². The van der Waals surface area contributed by atoms with Gasteiger partial charge in [-0.1, -0.05) is 41.5 Å². The third kappa shape index (κ3) is 2.74. The van der Waals surface area contributed by atoms with Crippen LogP contribution >= 0.6 is 11.3 Å². The number of nitrogens with two attached hydrogens (primary N) is 1. The molecule has 0 aliphatic rings. The fourth-order valence-electron chi connectivity index (χ4n) is 2.86. The molecule has 0 radical (unpaired) electrons. The Morgan fingerprint density at radius 2 is 1.92 bits per heavy atom. The summed E-state index contributed by atoms with van der Waals surface area (Å²) in [6.07, 6.45) is 1.83. The van der Waals surface area contributed by atoms with E-state index in [1.165, 1.54) is 16.9 Å². The summed E-state index contributed by atoms with van der Waals surface area (Å²) in [5.74, 6) is 0. The molecule has 0 aliphatic heterocycles. The molecule has 0 fully saturated rings. The van der Waals surface area contributed by atoms with Crippen LogP contribution in [-0.4, -0.2) is 10.1 Å². The van der Waals surface area contributed by atoms with Crippen molar-refractivity contribution >= 4 is 27.4 Å². The average Bonchev–Trinajstić information content (AvgIpc) is 2.96. The molecule has 0 spiro atoms. The summed E-state index contributed by atoms with van der Waals surface area (Å²) >= 11 is 1.51. The normalized spacial score (nSPS) is 11.0. The van der Waals surface area contributed by atoms with Gasteiger partial charge in [0.1, 0.15) is 6.54 Å². The topological polar surface area (TPSA) is 55.7 Å². The second kappa shape index (κ2) is 6.02. The predicted octanol–water partition coefficient (Wildman–Crippen LogP) is 3.58. The molecule has 2 aromatic carbocycles. The van der Waals surface area contributed by atoms with Crippen molar-refractivity contribution in [2.24, 2.45) is 0 Å². The lowest BCUT2D eigenvalue weighted by atomic mass is 10.1. The monoisotopic (exact) mass is 333 g/mol. The van der Waals surface area contributed by atoms with Crippen molar-refractivity contribution in [3.63, 3.8) is 0 Å². The van der Waals surface area contributed by atoms with Gasteiger partial charge in [-0.15, -0.1) is 4.68 Å².